The number of halogens is 1. The number of benzene rings is 2. The Labute approximate surface area is 180 Å². The fourth-order valence-corrected chi connectivity index (χ4v) is 5.86. The summed E-state index contributed by atoms with van der Waals surface area (Å²) in [6.45, 7) is 5.82. The van der Waals surface area contributed by atoms with Gasteiger partial charge in [-0.05, 0) is 67.6 Å². The lowest BCUT2D eigenvalue weighted by Crippen LogP contribution is -2.53. The van der Waals surface area contributed by atoms with Crippen LogP contribution < -0.4 is 4.74 Å². The molecule has 2 atom stereocenters. The molecule has 0 N–H and O–H groups in total. The van der Waals surface area contributed by atoms with E-state index < -0.39 is 0 Å². The van der Waals surface area contributed by atoms with E-state index in [1.165, 1.54) is 48.1 Å². The lowest BCUT2D eigenvalue weighted by atomic mass is 9.58. The van der Waals surface area contributed by atoms with Gasteiger partial charge in [-0.1, -0.05) is 37.3 Å². The van der Waals surface area contributed by atoms with Gasteiger partial charge in [0.2, 0.25) is 0 Å². The lowest BCUT2D eigenvalue weighted by Gasteiger charge is -2.51. The monoisotopic (exact) mass is 410 g/mol. The standard InChI is InChI=1S/C25H30N2O.ClH/c1-4-27-13-12-25(18-8-7-9-20(14-18)28-3)16-24-22(15-19(25)17-27)21-10-5-6-11-23(21)26(24)2;/h5-11,14,19H,4,12-13,15-17H2,1-3H3;1H. The summed E-state index contributed by atoms with van der Waals surface area (Å²) in [5, 5.41) is 1.45. The molecule has 154 valence electrons. The third-order valence-corrected chi connectivity index (χ3v) is 7.50. The molecule has 2 unspecified atom stereocenters. The van der Waals surface area contributed by atoms with E-state index in [-0.39, 0.29) is 17.8 Å². The number of hydrogen-bond acceptors (Lipinski definition) is 2. The van der Waals surface area contributed by atoms with E-state index in [2.05, 4.69) is 72.0 Å². The summed E-state index contributed by atoms with van der Waals surface area (Å²) in [6, 6.07) is 17.8. The van der Waals surface area contributed by atoms with Crippen LogP contribution in [0.15, 0.2) is 48.5 Å². The molecule has 3 nitrogen and oxygen atoms in total. The summed E-state index contributed by atoms with van der Waals surface area (Å²) in [7, 11) is 4.03. The second-order valence-electron chi connectivity index (χ2n) is 8.61. The van der Waals surface area contributed by atoms with Gasteiger partial charge in [0.25, 0.3) is 0 Å². The van der Waals surface area contributed by atoms with Gasteiger partial charge in [-0.2, -0.15) is 0 Å². The second-order valence-corrected chi connectivity index (χ2v) is 8.61. The molecule has 1 fully saturated rings. The molecule has 1 aromatic heterocycles. The quantitative estimate of drug-likeness (QED) is 0.605. The maximum absolute atomic E-state index is 5.59. The number of aryl methyl sites for hydroxylation is 1. The van der Waals surface area contributed by atoms with Crippen LogP contribution in [0.1, 0.15) is 30.2 Å². The zero-order chi connectivity index (χ0) is 19.3. The van der Waals surface area contributed by atoms with E-state index in [1.807, 2.05) is 0 Å². The molecular weight excluding hydrogens is 380 g/mol. The van der Waals surface area contributed by atoms with Crippen LogP contribution in [0.2, 0.25) is 0 Å². The van der Waals surface area contributed by atoms with Gasteiger partial charge < -0.3 is 14.2 Å². The van der Waals surface area contributed by atoms with Crippen molar-refractivity contribution >= 4 is 23.3 Å². The molecule has 1 aliphatic carbocycles. The highest BCUT2D eigenvalue weighted by atomic mass is 35.5. The third-order valence-electron chi connectivity index (χ3n) is 7.50. The number of para-hydroxylation sites is 1. The zero-order valence-corrected chi connectivity index (χ0v) is 18.5. The van der Waals surface area contributed by atoms with Crippen molar-refractivity contribution in [3.8, 4) is 5.75 Å². The smallest absolute Gasteiger partial charge is 0.119 e. The number of hydrogen-bond donors (Lipinski definition) is 0. The average molecular weight is 411 g/mol. The van der Waals surface area contributed by atoms with Gasteiger partial charge >= 0.3 is 0 Å². The van der Waals surface area contributed by atoms with Crippen molar-refractivity contribution in [2.45, 2.75) is 31.6 Å². The fraction of sp³-hybridized carbons (Fsp3) is 0.440. The Kier molecular flexibility index (Phi) is 5.39. The topological polar surface area (TPSA) is 17.4 Å². The Hall–Kier alpha value is -1.97. The number of fused-ring (bicyclic) bond motifs is 4. The molecule has 1 aliphatic heterocycles. The molecule has 0 saturated carbocycles. The second kappa shape index (κ2) is 7.70. The first-order valence-electron chi connectivity index (χ1n) is 10.6. The molecule has 0 amide bonds. The van der Waals surface area contributed by atoms with Crippen molar-refractivity contribution in [1.29, 1.82) is 0 Å². The maximum Gasteiger partial charge on any atom is 0.119 e. The van der Waals surface area contributed by atoms with Gasteiger partial charge in [0.1, 0.15) is 5.75 Å². The van der Waals surface area contributed by atoms with E-state index in [1.54, 1.807) is 12.7 Å². The minimum Gasteiger partial charge on any atom is -0.497 e. The van der Waals surface area contributed by atoms with Crippen molar-refractivity contribution in [3.63, 3.8) is 0 Å². The first-order valence-corrected chi connectivity index (χ1v) is 10.6. The fourth-order valence-electron chi connectivity index (χ4n) is 5.86. The molecular formula is C25H31ClN2O. The summed E-state index contributed by atoms with van der Waals surface area (Å²) in [6.07, 6.45) is 3.52. The minimum atomic E-state index is 0. The summed E-state index contributed by atoms with van der Waals surface area (Å²) in [5.74, 6) is 1.62. The minimum absolute atomic E-state index is 0. The van der Waals surface area contributed by atoms with Crippen LogP contribution in [0.3, 0.4) is 0 Å². The Morgan fingerprint density at radius 3 is 2.76 bits per heavy atom. The Morgan fingerprint density at radius 2 is 1.97 bits per heavy atom. The molecule has 0 radical (unpaired) electrons. The van der Waals surface area contributed by atoms with Crippen LogP contribution in [0, 0.1) is 5.92 Å². The summed E-state index contributed by atoms with van der Waals surface area (Å²) < 4.78 is 8.04. The van der Waals surface area contributed by atoms with Gasteiger partial charge in [-0.25, -0.2) is 0 Å². The van der Waals surface area contributed by atoms with Crippen LogP contribution in [0.5, 0.6) is 5.75 Å². The normalized spacial score (nSPS) is 23.9. The van der Waals surface area contributed by atoms with Gasteiger partial charge in [-0.3, -0.25) is 0 Å². The number of nitrogens with zero attached hydrogens (tertiary/aromatic N) is 2. The van der Waals surface area contributed by atoms with Crippen LogP contribution in [0.25, 0.3) is 10.9 Å². The molecule has 0 bridgehead atoms. The van der Waals surface area contributed by atoms with Crippen LogP contribution in [-0.4, -0.2) is 36.2 Å². The molecule has 2 heterocycles. The number of piperidine rings is 1. The molecule has 3 aromatic rings. The first-order chi connectivity index (χ1) is 13.7. The van der Waals surface area contributed by atoms with E-state index >= 15 is 0 Å². The van der Waals surface area contributed by atoms with E-state index in [9.17, 15) is 0 Å². The van der Waals surface area contributed by atoms with Crippen LogP contribution >= 0.6 is 12.4 Å². The van der Waals surface area contributed by atoms with Gasteiger partial charge in [0.15, 0.2) is 0 Å². The van der Waals surface area contributed by atoms with E-state index in [0.717, 1.165) is 18.7 Å². The maximum atomic E-state index is 5.59. The molecule has 2 aromatic carbocycles. The third kappa shape index (κ3) is 3.06. The number of rotatable bonds is 3. The molecule has 4 heteroatoms. The molecule has 0 spiro atoms. The largest absolute Gasteiger partial charge is 0.497 e. The summed E-state index contributed by atoms with van der Waals surface area (Å²) in [4.78, 5) is 2.64. The highest BCUT2D eigenvalue weighted by Gasteiger charge is 2.48. The average Bonchev–Trinajstić information content (AvgIpc) is 3.03. The number of methoxy groups -OCH3 is 1. The van der Waals surface area contributed by atoms with Gasteiger partial charge in [-0.15, -0.1) is 12.4 Å². The Morgan fingerprint density at radius 1 is 1.14 bits per heavy atom. The molecule has 29 heavy (non-hydrogen) atoms. The van der Waals surface area contributed by atoms with Crippen molar-refractivity contribution in [2.24, 2.45) is 13.0 Å². The number of aromatic nitrogens is 1. The lowest BCUT2D eigenvalue weighted by molar-refractivity contribution is 0.0845. The first kappa shape index (κ1) is 20.3. The summed E-state index contributed by atoms with van der Waals surface area (Å²) in [5.41, 5.74) is 6.16. The molecule has 1 saturated heterocycles. The zero-order valence-electron chi connectivity index (χ0n) is 17.6. The van der Waals surface area contributed by atoms with Crippen LogP contribution in [0.4, 0.5) is 0 Å². The van der Waals surface area contributed by atoms with E-state index in [4.69, 9.17) is 4.74 Å². The van der Waals surface area contributed by atoms with Gasteiger partial charge in [0.05, 0.1) is 7.11 Å². The predicted molar refractivity (Wildman–Crippen MR) is 122 cm³/mol. The summed E-state index contributed by atoms with van der Waals surface area (Å²) >= 11 is 0. The van der Waals surface area contributed by atoms with Crippen molar-refractivity contribution < 1.29 is 4.74 Å². The molecule has 2 aliphatic rings. The van der Waals surface area contributed by atoms with Crippen molar-refractivity contribution in [1.82, 2.24) is 9.47 Å². The van der Waals surface area contributed by atoms with Gasteiger partial charge in [0, 0.05) is 35.6 Å². The van der Waals surface area contributed by atoms with Crippen LogP contribution in [-0.2, 0) is 25.3 Å². The van der Waals surface area contributed by atoms with Crippen molar-refractivity contribution in [3.05, 3.63) is 65.4 Å². The van der Waals surface area contributed by atoms with Crippen molar-refractivity contribution in [2.75, 3.05) is 26.7 Å². The number of ether oxygens (including phenoxy) is 1. The predicted octanol–water partition coefficient (Wildman–Crippen LogP) is 4.99. The Bertz CT molecular complexity index is 1030. The number of likely N-dealkylation sites (tertiary alicyclic amines) is 1. The highest BCUT2D eigenvalue weighted by molar-refractivity contribution is 5.86. The molecule has 5 rings (SSSR count). The van der Waals surface area contributed by atoms with E-state index in [0.29, 0.717) is 5.92 Å². The Balaban J connectivity index is 0.00000205. The SMILES string of the molecule is CCN1CCC2(c3cccc(OC)c3)Cc3c(c4ccccc4n3C)CC2C1.Cl. The highest BCUT2D eigenvalue weighted by Crippen LogP contribution is 2.50.